The minimum absolute atomic E-state index is 0.590. The molecule has 0 amide bonds. The number of allylic oxidation sites excluding steroid dienone is 2. The Morgan fingerprint density at radius 3 is 2.64 bits per heavy atom. The van der Waals surface area contributed by atoms with Crippen LogP contribution in [0.3, 0.4) is 0 Å². The molecule has 0 aromatic rings. The molecule has 0 aliphatic rings. The fraction of sp³-hybridized carbons (Fsp3) is 0.333. The minimum Gasteiger partial charge on any atom is -0.377 e. The first kappa shape index (κ1) is 10.7. The lowest BCUT2D eigenvalue weighted by Crippen LogP contribution is -1.96. The summed E-state index contributed by atoms with van der Waals surface area (Å²) in [6.07, 6.45) is 3.60. The topological polar surface area (TPSA) is 9.23 Å². The van der Waals surface area contributed by atoms with Crippen molar-refractivity contribution in [2.24, 2.45) is 0 Å². The van der Waals surface area contributed by atoms with Crippen molar-refractivity contribution >= 4 is 15.9 Å². The molecule has 0 saturated heterocycles. The highest BCUT2D eigenvalue weighted by atomic mass is 79.9. The van der Waals surface area contributed by atoms with Gasteiger partial charge in [0.15, 0.2) is 0 Å². The lowest BCUT2D eigenvalue weighted by Gasteiger charge is -2.03. The highest BCUT2D eigenvalue weighted by molar-refractivity contribution is 9.11. The van der Waals surface area contributed by atoms with Crippen LogP contribution in [0.1, 0.15) is 6.92 Å². The molecule has 0 bridgehead atoms. The van der Waals surface area contributed by atoms with E-state index < -0.39 is 0 Å². The maximum atomic E-state index is 5.20. The van der Waals surface area contributed by atoms with Crippen molar-refractivity contribution in [3.05, 3.63) is 35.4 Å². The first-order valence-corrected chi connectivity index (χ1v) is 4.25. The third kappa shape index (κ3) is 4.99. The van der Waals surface area contributed by atoms with Gasteiger partial charge in [-0.25, -0.2) is 0 Å². The first-order chi connectivity index (χ1) is 5.22. The van der Waals surface area contributed by atoms with Gasteiger partial charge in [0, 0.05) is 11.1 Å². The molecule has 2 heteroatoms. The molecule has 0 aliphatic heterocycles. The smallest absolute Gasteiger partial charge is 0.0727 e. The second-order valence-electron chi connectivity index (χ2n) is 1.97. The molecule has 62 valence electrons. The summed E-state index contributed by atoms with van der Waals surface area (Å²) >= 11 is 3.28. The fourth-order valence-electron chi connectivity index (χ4n) is 0.571. The van der Waals surface area contributed by atoms with Crippen LogP contribution in [0.4, 0.5) is 0 Å². The molecule has 11 heavy (non-hydrogen) atoms. The van der Waals surface area contributed by atoms with Crippen LogP contribution in [0.25, 0.3) is 0 Å². The van der Waals surface area contributed by atoms with Crippen molar-refractivity contribution in [3.63, 3.8) is 0 Å². The zero-order chi connectivity index (χ0) is 8.69. The molecular formula is C9H13BrO. The maximum absolute atomic E-state index is 5.20. The van der Waals surface area contributed by atoms with Crippen molar-refractivity contribution in [2.45, 2.75) is 6.92 Å². The van der Waals surface area contributed by atoms with E-state index >= 15 is 0 Å². The van der Waals surface area contributed by atoms with Crippen molar-refractivity contribution in [1.82, 2.24) is 0 Å². The first-order valence-electron chi connectivity index (χ1n) is 3.46. The molecular weight excluding hydrogens is 204 g/mol. The Hall–Kier alpha value is -0.340. The molecule has 0 aromatic heterocycles. The Morgan fingerprint density at radius 2 is 2.27 bits per heavy atom. The van der Waals surface area contributed by atoms with Gasteiger partial charge in [-0.15, -0.1) is 0 Å². The monoisotopic (exact) mass is 216 g/mol. The van der Waals surface area contributed by atoms with Crippen LogP contribution in [-0.4, -0.2) is 13.2 Å². The van der Waals surface area contributed by atoms with Gasteiger partial charge >= 0.3 is 0 Å². The third-order valence-electron chi connectivity index (χ3n) is 1.13. The quantitative estimate of drug-likeness (QED) is 0.643. The summed E-state index contributed by atoms with van der Waals surface area (Å²) in [6.45, 7) is 10.6. The summed E-state index contributed by atoms with van der Waals surface area (Å²) in [4.78, 5) is 0. The van der Waals surface area contributed by atoms with Gasteiger partial charge in [0.1, 0.15) is 0 Å². The molecule has 0 atom stereocenters. The third-order valence-corrected chi connectivity index (χ3v) is 1.64. The van der Waals surface area contributed by atoms with E-state index in [1.54, 1.807) is 6.08 Å². The van der Waals surface area contributed by atoms with Gasteiger partial charge in [-0.1, -0.05) is 41.2 Å². The summed E-state index contributed by atoms with van der Waals surface area (Å²) in [7, 11) is 0. The van der Waals surface area contributed by atoms with Gasteiger partial charge < -0.3 is 4.74 Å². The number of hydrogen-bond donors (Lipinski definition) is 0. The predicted octanol–water partition coefficient (Wildman–Crippen LogP) is 3.04. The average molecular weight is 217 g/mol. The number of hydrogen-bond acceptors (Lipinski definition) is 1. The van der Waals surface area contributed by atoms with Gasteiger partial charge in [-0.05, 0) is 12.5 Å². The minimum atomic E-state index is 0.590. The molecule has 0 spiro atoms. The van der Waals surface area contributed by atoms with Gasteiger partial charge in [-0.2, -0.15) is 0 Å². The number of ether oxygens (including phenoxy) is 1. The van der Waals surface area contributed by atoms with E-state index in [1.165, 1.54) is 0 Å². The summed E-state index contributed by atoms with van der Waals surface area (Å²) < 4.78 is 6.06. The molecule has 0 N–H and O–H groups in total. The van der Waals surface area contributed by atoms with E-state index in [9.17, 15) is 0 Å². The number of rotatable bonds is 5. The van der Waals surface area contributed by atoms with Crippen LogP contribution in [0.15, 0.2) is 35.4 Å². The van der Waals surface area contributed by atoms with E-state index in [4.69, 9.17) is 4.74 Å². The van der Waals surface area contributed by atoms with Crippen LogP contribution < -0.4 is 0 Å². The Morgan fingerprint density at radius 1 is 1.64 bits per heavy atom. The summed E-state index contributed by atoms with van der Waals surface area (Å²) in [5.74, 6) is 0. The lowest BCUT2D eigenvalue weighted by molar-refractivity contribution is 0.173. The Bertz CT molecular complexity index is 170. The van der Waals surface area contributed by atoms with Crippen LogP contribution in [0.5, 0.6) is 0 Å². The van der Waals surface area contributed by atoms with Crippen LogP contribution >= 0.6 is 15.9 Å². The van der Waals surface area contributed by atoms with Gasteiger partial charge in [0.2, 0.25) is 0 Å². The predicted molar refractivity (Wildman–Crippen MR) is 52.8 cm³/mol. The van der Waals surface area contributed by atoms with Crippen LogP contribution in [-0.2, 0) is 4.74 Å². The summed E-state index contributed by atoms with van der Waals surface area (Å²) in [6, 6.07) is 0. The SMILES string of the molecule is C=C/C=C(/COCC)C(=C)Br. The van der Waals surface area contributed by atoms with Crippen LogP contribution in [0, 0.1) is 0 Å². The Kier molecular flexibility index (Phi) is 6.18. The molecule has 0 radical (unpaired) electrons. The van der Waals surface area contributed by atoms with Crippen LogP contribution in [0.2, 0.25) is 0 Å². The van der Waals surface area contributed by atoms with E-state index in [0.717, 1.165) is 16.7 Å². The second kappa shape index (κ2) is 6.38. The zero-order valence-electron chi connectivity index (χ0n) is 6.77. The molecule has 0 fully saturated rings. The lowest BCUT2D eigenvalue weighted by atomic mass is 10.2. The molecule has 0 saturated carbocycles. The Labute approximate surface area is 76.6 Å². The highest BCUT2D eigenvalue weighted by Gasteiger charge is 1.96. The average Bonchev–Trinajstić information content (AvgIpc) is 1.97. The fourth-order valence-corrected chi connectivity index (χ4v) is 0.818. The second-order valence-corrected chi connectivity index (χ2v) is 2.93. The summed E-state index contributed by atoms with van der Waals surface area (Å²) in [5.41, 5.74) is 1.03. The van der Waals surface area contributed by atoms with Crippen molar-refractivity contribution < 1.29 is 4.74 Å². The van der Waals surface area contributed by atoms with Crippen molar-refractivity contribution in [2.75, 3.05) is 13.2 Å². The van der Waals surface area contributed by atoms with E-state index in [2.05, 4.69) is 29.1 Å². The molecule has 0 aliphatic carbocycles. The standard InChI is InChI=1S/C9H13BrO/c1-4-6-9(8(3)10)7-11-5-2/h4,6H,1,3,5,7H2,2H3/b9-6-. The zero-order valence-corrected chi connectivity index (χ0v) is 8.36. The molecule has 0 rings (SSSR count). The van der Waals surface area contributed by atoms with E-state index in [-0.39, 0.29) is 0 Å². The van der Waals surface area contributed by atoms with Crippen molar-refractivity contribution in [3.8, 4) is 0 Å². The normalized spacial score (nSPS) is 11.3. The molecule has 0 aromatic carbocycles. The van der Waals surface area contributed by atoms with Gasteiger partial charge in [0.25, 0.3) is 0 Å². The summed E-state index contributed by atoms with van der Waals surface area (Å²) in [5, 5.41) is 0. The van der Waals surface area contributed by atoms with E-state index in [0.29, 0.717) is 6.61 Å². The van der Waals surface area contributed by atoms with E-state index in [1.807, 2.05) is 13.0 Å². The highest BCUT2D eigenvalue weighted by Crippen LogP contribution is 2.14. The Balaban J connectivity index is 4.00. The van der Waals surface area contributed by atoms with Gasteiger partial charge in [0.05, 0.1) is 6.61 Å². The van der Waals surface area contributed by atoms with Crippen molar-refractivity contribution in [1.29, 1.82) is 0 Å². The maximum Gasteiger partial charge on any atom is 0.0727 e. The number of halogens is 1. The largest absolute Gasteiger partial charge is 0.377 e. The van der Waals surface area contributed by atoms with Gasteiger partial charge in [-0.3, -0.25) is 0 Å². The molecule has 0 unspecified atom stereocenters. The molecule has 0 heterocycles. The molecule has 1 nitrogen and oxygen atoms in total.